The van der Waals surface area contributed by atoms with Gasteiger partial charge in [-0.2, -0.15) is 0 Å². The van der Waals surface area contributed by atoms with E-state index in [4.69, 9.17) is 11.5 Å². The minimum atomic E-state index is -1.79. The Labute approximate surface area is 562 Å². The summed E-state index contributed by atoms with van der Waals surface area (Å²) in [5.41, 5.74) is 14.3. The lowest BCUT2D eigenvalue weighted by molar-refractivity contribution is -0.142. The molecular formula is C72H86FN13O11. The summed E-state index contributed by atoms with van der Waals surface area (Å²) in [6, 6.07) is 28.7. The van der Waals surface area contributed by atoms with Crippen molar-refractivity contribution in [1.82, 2.24) is 47.1 Å². The number of likely N-dealkylation sites (tertiary alicyclic amines) is 1. The van der Waals surface area contributed by atoms with E-state index in [1.165, 1.54) is 65.3 Å². The Morgan fingerprint density at radius 3 is 1.93 bits per heavy atom. The number of rotatable bonds is 32. The van der Waals surface area contributed by atoms with Crippen molar-refractivity contribution >= 4 is 86.5 Å². The molecule has 0 spiro atoms. The van der Waals surface area contributed by atoms with Gasteiger partial charge in [-0.15, -0.1) is 0 Å². The van der Waals surface area contributed by atoms with Crippen molar-refractivity contribution < 1.29 is 57.8 Å². The molecule has 2 heterocycles. The first-order valence-electron chi connectivity index (χ1n) is 32.6. The van der Waals surface area contributed by atoms with E-state index in [2.05, 4.69) is 47.2 Å². The smallest absolute Gasteiger partial charge is 0.250 e. The first-order valence-corrected chi connectivity index (χ1v) is 32.6. The molecule has 1 saturated heterocycles. The maximum atomic E-state index is 15.9. The molecule has 1 aliphatic heterocycles. The summed E-state index contributed by atoms with van der Waals surface area (Å²) in [6.07, 6.45) is 2.37. The third kappa shape index (κ3) is 20.2. The number of carbonyl (C=O) groups excluding carboxylic acids is 9. The van der Waals surface area contributed by atoms with Crippen LogP contribution in [0.5, 0.6) is 5.75 Å². The zero-order valence-corrected chi connectivity index (χ0v) is 54.8. The highest BCUT2D eigenvalue weighted by atomic mass is 19.1. The van der Waals surface area contributed by atoms with Crippen LogP contribution in [0.25, 0.3) is 21.7 Å². The summed E-state index contributed by atoms with van der Waals surface area (Å²) < 4.78 is 13.8. The number of hydrogen-bond acceptors (Lipinski definition) is 12. The Morgan fingerprint density at radius 2 is 1.24 bits per heavy atom. The van der Waals surface area contributed by atoms with E-state index in [1.807, 2.05) is 44.2 Å². The molecule has 0 radical (unpaired) electrons. The van der Waals surface area contributed by atoms with Gasteiger partial charge in [0.05, 0.1) is 13.0 Å². The van der Waals surface area contributed by atoms with Crippen molar-refractivity contribution in [2.24, 2.45) is 22.4 Å². The maximum absolute atomic E-state index is 15.9. The average molecular weight is 1330 g/mol. The summed E-state index contributed by atoms with van der Waals surface area (Å²) in [7, 11) is 0. The number of nitrogens with one attached hydrogen (secondary N) is 8. The van der Waals surface area contributed by atoms with E-state index in [-0.39, 0.29) is 87.3 Å². The predicted octanol–water partition coefficient (Wildman–Crippen LogP) is 3.99. The molecule has 24 nitrogen and oxygen atoms in total. The molecule has 0 bridgehead atoms. The first-order chi connectivity index (χ1) is 46.6. The van der Waals surface area contributed by atoms with Gasteiger partial charge in [0.25, 0.3) is 5.91 Å². The number of likely N-dealkylation sites (N-methyl/N-ethyl adjacent to an activating group) is 1. The summed E-state index contributed by atoms with van der Waals surface area (Å²) in [6.45, 7) is 6.60. The Bertz CT molecular complexity index is 3920. The van der Waals surface area contributed by atoms with Crippen LogP contribution in [-0.4, -0.2) is 154 Å². The van der Waals surface area contributed by atoms with Gasteiger partial charge in [0.15, 0.2) is 5.96 Å². The molecule has 8 atom stereocenters. The van der Waals surface area contributed by atoms with E-state index in [0.29, 0.717) is 52.4 Å². The second kappa shape index (κ2) is 34.6. The fourth-order valence-electron chi connectivity index (χ4n) is 11.9. The van der Waals surface area contributed by atoms with Gasteiger partial charge in [-0.25, -0.2) is 4.39 Å². The van der Waals surface area contributed by atoms with Crippen molar-refractivity contribution in [1.29, 1.82) is 0 Å². The lowest BCUT2D eigenvalue weighted by Crippen LogP contribution is -2.62. The minimum absolute atomic E-state index is 0.0141. The standard InChI is InChI=1S/C72H86FN13O11/c1-5-76-69(95)62-22-14-34-85(62)70(96)56(21-13-33-77-72(74)75)80-65(91)57(35-43(2)3)81-64(90)44(4)86(52-30-27-48-17-9-10-18-49(48)39-52)71(97)60(37-46-25-31-53(88)32-26-46)83-68(94)61(42-87)84-67(93)59(40-50-41-78-55-20-12-11-19-54(50)55)82-66(92)58(36-45-15-7-6-8-16-45)79-63(89)38-47-23-28-51(73)29-24-47/h6-12,15-20,23-32,39,41,43-44,56-62,78,87-88H,5,13-14,21-22,33-38,40,42H2,1-4H3,(H,76,95)(H,79,89)(H,80,91)(H,81,90)(H,82,92)(H,83,94)(H,84,93)(H4,74,75,77)/t44-,56+,57+,58-,59-,60+,61+,62+/m1/s1. The SMILES string of the molecule is CCNC(=O)[C@@H]1CCCN1C(=O)[C@H](CCCN=C(N)N)NC(=O)[C@H](CC(C)C)NC(=O)[C@@H](C)N(C(=O)[C@H](Cc1ccc(O)cc1)NC(=O)[C@H](CO)NC(=O)[C@@H](Cc1c[nH]c2ccccc12)NC(=O)[C@@H](Cc1ccccc1)NC(=O)Cc1ccc(F)cc1)c1ccc2ccccc2c1. The number of phenolic OH excluding ortho intramolecular Hbond substituents is 1. The van der Waals surface area contributed by atoms with Crippen LogP contribution < -0.4 is 53.6 Å². The van der Waals surface area contributed by atoms with Crippen LogP contribution in [0.15, 0.2) is 157 Å². The van der Waals surface area contributed by atoms with Crippen LogP contribution >= 0.6 is 0 Å². The molecule has 1 aliphatic rings. The summed E-state index contributed by atoms with van der Waals surface area (Å²) in [4.78, 5) is 141. The Hall–Kier alpha value is -10.7. The Kier molecular flexibility index (Phi) is 25.8. The van der Waals surface area contributed by atoms with E-state index >= 15 is 9.59 Å². The number of halogens is 1. The number of aliphatic hydroxyl groups is 1. The highest BCUT2D eigenvalue weighted by Crippen LogP contribution is 2.27. The van der Waals surface area contributed by atoms with E-state index < -0.39 is 108 Å². The second-order valence-corrected chi connectivity index (χ2v) is 24.6. The molecule has 8 rings (SSSR count). The van der Waals surface area contributed by atoms with Gasteiger partial charge in [-0.3, -0.25) is 53.0 Å². The third-order valence-corrected chi connectivity index (χ3v) is 16.9. The first kappa shape index (κ1) is 72.1. The number of amides is 9. The summed E-state index contributed by atoms with van der Waals surface area (Å²) >= 11 is 0. The lowest BCUT2D eigenvalue weighted by Gasteiger charge is -2.34. The number of nitrogens with two attached hydrogens (primary N) is 2. The number of para-hydroxylation sites is 1. The number of carbonyl (C=O) groups is 9. The lowest BCUT2D eigenvalue weighted by atomic mass is 10.00. The summed E-state index contributed by atoms with van der Waals surface area (Å²) in [5.74, 6) is -7.53. The van der Waals surface area contributed by atoms with Crippen molar-refractivity contribution in [2.45, 2.75) is 134 Å². The third-order valence-electron chi connectivity index (χ3n) is 16.9. The number of phenols is 1. The molecule has 1 fully saturated rings. The van der Waals surface area contributed by atoms with Crippen LogP contribution in [0, 0.1) is 11.7 Å². The maximum Gasteiger partial charge on any atom is 0.250 e. The van der Waals surface area contributed by atoms with Crippen molar-refractivity contribution in [3.8, 4) is 5.75 Å². The molecule has 14 N–H and O–H groups in total. The normalized spacial score (nSPS) is 15.0. The van der Waals surface area contributed by atoms with E-state index in [9.17, 15) is 48.2 Å². The number of aliphatic imine (C=N–C) groups is 1. The number of aromatic hydroxyl groups is 1. The van der Waals surface area contributed by atoms with Gasteiger partial charge in [-0.1, -0.05) is 117 Å². The molecule has 7 aromatic rings. The van der Waals surface area contributed by atoms with E-state index in [1.54, 1.807) is 79.9 Å². The number of fused-ring (bicyclic) bond motifs is 2. The molecule has 0 saturated carbocycles. The van der Waals surface area contributed by atoms with Gasteiger partial charge in [0, 0.05) is 61.7 Å². The van der Waals surface area contributed by atoms with Gasteiger partial charge < -0.3 is 68.8 Å². The number of anilines is 1. The van der Waals surface area contributed by atoms with Crippen LogP contribution in [0.1, 0.15) is 82.1 Å². The van der Waals surface area contributed by atoms with Crippen LogP contribution in [0.2, 0.25) is 0 Å². The zero-order valence-electron chi connectivity index (χ0n) is 54.8. The predicted molar refractivity (Wildman–Crippen MR) is 366 cm³/mol. The van der Waals surface area contributed by atoms with Gasteiger partial charge in [0.1, 0.15) is 59.9 Å². The molecule has 6 aromatic carbocycles. The van der Waals surface area contributed by atoms with Crippen LogP contribution in [-0.2, 0) is 68.8 Å². The van der Waals surface area contributed by atoms with Crippen LogP contribution in [0.4, 0.5) is 10.1 Å². The fourth-order valence-corrected chi connectivity index (χ4v) is 11.9. The molecule has 9 amide bonds. The highest BCUT2D eigenvalue weighted by molar-refractivity contribution is 6.07. The number of aliphatic hydroxyl groups excluding tert-OH is 1. The Morgan fingerprint density at radius 1 is 0.649 bits per heavy atom. The number of benzene rings is 6. The quantitative estimate of drug-likeness (QED) is 0.0161. The topological polar surface area (TPSA) is 365 Å². The molecule has 0 aliphatic carbocycles. The molecule has 1 aromatic heterocycles. The number of hydrogen-bond donors (Lipinski definition) is 12. The molecule has 0 unspecified atom stereocenters. The van der Waals surface area contributed by atoms with Crippen molar-refractivity contribution in [3.63, 3.8) is 0 Å². The van der Waals surface area contributed by atoms with E-state index in [0.717, 1.165) is 10.9 Å². The fraction of sp³-hybridized carbons (Fsp3) is 0.361. The zero-order chi connectivity index (χ0) is 69.7. The summed E-state index contributed by atoms with van der Waals surface area (Å²) in [5, 5.41) is 43.0. The molecular weight excluding hydrogens is 1240 g/mol. The average Bonchev–Trinajstić information content (AvgIpc) is 1.31. The van der Waals surface area contributed by atoms with Crippen LogP contribution in [0.3, 0.4) is 0 Å². The van der Waals surface area contributed by atoms with Crippen molar-refractivity contribution in [3.05, 3.63) is 180 Å². The van der Waals surface area contributed by atoms with Gasteiger partial charge in [0.2, 0.25) is 47.3 Å². The Balaban J connectivity index is 1.09. The molecule has 512 valence electrons. The van der Waals surface area contributed by atoms with Gasteiger partial charge in [-0.05, 0) is 127 Å². The number of H-pyrrole nitrogens is 1. The second-order valence-electron chi connectivity index (χ2n) is 24.6. The van der Waals surface area contributed by atoms with Crippen molar-refractivity contribution in [2.75, 3.05) is 31.1 Å². The number of nitrogens with zero attached hydrogens (tertiary/aromatic N) is 3. The highest BCUT2D eigenvalue weighted by Gasteiger charge is 2.41. The number of aromatic nitrogens is 1. The number of guanidine groups is 1. The monoisotopic (exact) mass is 1330 g/mol. The number of aromatic amines is 1. The molecule has 25 heteroatoms. The van der Waals surface area contributed by atoms with Gasteiger partial charge >= 0.3 is 0 Å². The molecule has 97 heavy (non-hydrogen) atoms. The minimum Gasteiger partial charge on any atom is -0.508 e. The largest absolute Gasteiger partial charge is 0.508 e.